The molecule has 4 heteroatoms. The predicted molar refractivity (Wildman–Crippen MR) is 73.8 cm³/mol. The zero-order valence-corrected chi connectivity index (χ0v) is 11.1. The van der Waals surface area contributed by atoms with E-state index in [1.807, 2.05) is 38.1 Å². The number of hydrogen-bond donors (Lipinski definition) is 1. The van der Waals surface area contributed by atoms with E-state index >= 15 is 0 Å². The second-order valence-electron chi connectivity index (χ2n) is 4.22. The molecule has 0 saturated heterocycles. The number of halogens is 1. The fraction of sp³-hybridized carbons (Fsp3) is 0.267. The third-order valence-electron chi connectivity index (χ3n) is 2.73. The minimum atomic E-state index is -0.234. The topological polar surface area (TPSA) is 34.1 Å². The Hall–Kier alpha value is -2.10. The van der Waals surface area contributed by atoms with E-state index in [4.69, 9.17) is 4.74 Å². The Kier molecular flexibility index (Phi) is 4.34. The maximum absolute atomic E-state index is 13.2. The standard InChI is InChI=1S/C15H17FN2O/c1-3-19-15-9-5-8-14(18-15)17-11(2)12-6-4-7-13(16)10-12/h4-11H,3H2,1-2H3,(H,17,18). The second-order valence-corrected chi connectivity index (χ2v) is 4.22. The first-order chi connectivity index (χ1) is 9.19. The van der Waals surface area contributed by atoms with Gasteiger partial charge >= 0.3 is 0 Å². The molecule has 19 heavy (non-hydrogen) atoms. The summed E-state index contributed by atoms with van der Waals surface area (Å²) in [4.78, 5) is 4.32. The van der Waals surface area contributed by atoms with Crippen LogP contribution >= 0.6 is 0 Å². The normalized spacial score (nSPS) is 11.9. The van der Waals surface area contributed by atoms with Gasteiger partial charge in [-0.1, -0.05) is 18.2 Å². The van der Waals surface area contributed by atoms with Gasteiger partial charge in [-0.3, -0.25) is 0 Å². The predicted octanol–water partition coefficient (Wildman–Crippen LogP) is 3.79. The van der Waals surface area contributed by atoms with Crippen molar-refractivity contribution in [2.24, 2.45) is 0 Å². The zero-order chi connectivity index (χ0) is 13.7. The highest BCUT2D eigenvalue weighted by Gasteiger charge is 2.07. The zero-order valence-electron chi connectivity index (χ0n) is 11.1. The molecule has 0 radical (unpaired) electrons. The number of pyridine rings is 1. The lowest BCUT2D eigenvalue weighted by atomic mass is 10.1. The van der Waals surface area contributed by atoms with E-state index < -0.39 is 0 Å². The van der Waals surface area contributed by atoms with Crippen molar-refractivity contribution in [1.82, 2.24) is 4.98 Å². The van der Waals surface area contributed by atoms with E-state index in [0.29, 0.717) is 18.3 Å². The molecule has 2 rings (SSSR count). The van der Waals surface area contributed by atoms with Crippen molar-refractivity contribution in [2.75, 3.05) is 11.9 Å². The number of aromatic nitrogens is 1. The molecular weight excluding hydrogens is 243 g/mol. The molecule has 0 aliphatic heterocycles. The summed E-state index contributed by atoms with van der Waals surface area (Å²) in [6.07, 6.45) is 0. The molecule has 0 bridgehead atoms. The molecular formula is C15H17FN2O. The Morgan fingerprint density at radius 3 is 2.79 bits per heavy atom. The van der Waals surface area contributed by atoms with Crippen molar-refractivity contribution in [1.29, 1.82) is 0 Å². The molecule has 1 unspecified atom stereocenters. The van der Waals surface area contributed by atoms with Gasteiger partial charge in [0, 0.05) is 6.07 Å². The molecule has 0 aliphatic carbocycles. The third kappa shape index (κ3) is 3.68. The third-order valence-corrected chi connectivity index (χ3v) is 2.73. The molecule has 0 aliphatic rings. The molecule has 2 aromatic rings. The summed E-state index contributed by atoms with van der Waals surface area (Å²) < 4.78 is 18.5. The van der Waals surface area contributed by atoms with Gasteiger partial charge in [0.15, 0.2) is 0 Å². The molecule has 0 fully saturated rings. The largest absolute Gasteiger partial charge is 0.478 e. The number of rotatable bonds is 5. The molecule has 1 heterocycles. The van der Waals surface area contributed by atoms with Crippen LogP contribution in [0.2, 0.25) is 0 Å². The Morgan fingerprint density at radius 2 is 2.05 bits per heavy atom. The van der Waals surface area contributed by atoms with Crippen molar-refractivity contribution in [3.63, 3.8) is 0 Å². The van der Waals surface area contributed by atoms with Crippen LogP contribution in [0.4, 0.5) is 10.2 Å². The Morgan fingerprint density at radius 1 is 1.26 bits per heavy atom. The highest BCUT2D eigenvalue weighted by molar-refractivity contribution is 5.40. The van der Waals surface area contributed by atoms with Crippen molar-refractivity contribution in [3.8, 4) is 5.88 Å². The number of nitrogens with one attached hydrogen (secondary N) is 1. The van der Waals surface area contributed by atoms with Crippen LogP contribution < -0.4 is 10.1 Å². The summed E-state index contributed by atoms with van der Waals surface area (Å²) in [6, 6.07) is 12.0. The minimum Gasteiger partial charge on any atom is -0.478 e. The van der Waals surface area contributed by atoms with Gasteiger partial charge in [0.2, 0.25) is 5.88 Å². The van der Waals surface area contributed by atoms with E-state index in [-0.39, 0.29) is 11.9 Å². The van der Waals surface area contributed by atoms with E-state index in [1.165, 1.54) is 12.1 Å². The van der Waals surface area contributed by atoms with E-state index in [2.05, 4.69) is 10.3 Å². The van der Waals surface area contributed by atoms with Gasteiger partial charge in [-0.15, -0.1) is 0 Å². The number of hydrogen-bond acceptors (Lipinski definition) is 3. The van der Waals surface area contributed by atoms with E-state index in [0.717, 1.165) is 5.56 Å². The van der Waals surface area contributed by atoms with Crippen LogP contribution in [0.3, 0.4) is 0 Å². The number of anilines is 1. The smallest absolute Gasteiger partial charge is 0.215 e. The number of nitrogens with zero attached hydrogens (tertiary/aromatic N) is 1. The van der Waals surface area contributed by atoms with Crippen LogP contribution in [-0.4, -0.2) is 11.6 Å². The molecule has 0 saturated carbocycles. The van der Waals surface area contributed by atoms with Crippen LogP contribution in [0.15, 0.2) is 42.5 Å². The van der Waals surface area contributed by atoms with E-state index in [1.54, 1.807) is 6.07 Å². The lowest BCUT2D eigenvalue weighted by molar-refractivity contribution is 0.327. The Labute approximate surface area is 112 Å². The first-order valence-corrected chi connectivity index (χ1v) is 6.31. The number of benzene rings is 1. The van der Waals surface area contributed by atoms with Crippen LogP contribution in [0.1, 0.15) is 25.5 Å². The maximum atomic E-state index is 13.2. The van der Waals surface area contributed by atoms with Crippen LogP contribution in [0, 0.1) is 5.82 Å². The van der Waals surface area contributed by atoms with Gasteiger partial charge in [-0.2, -0.15) is 4.98 Å². The molecule has 0 amide bonds. The monoisotopic (exact) mass is 260 g/mol. The fourth-order valence-electron chi connectivity index (χ4n) is 1.80. The van der Waals surface area contributed by atoms with Gasteiger partial charge in [-0.05, 0) is 37.6 Å². The summed E-state index contributed by atoms with van der Waals surface area (Å²) in [6.45, 7) is 4.46. The molecule has 100 valence electrons. The lowest BCUT2D eigenvalue weighted by Gasteiger charge is -2.15. The summed E-state index contributed by atoms with van der Waals surface area (Å²) >= 11 is 0. The molecule has 1 aromatic carbocycles. The SMILES string of the molecule is CCOc1cccc(NC(C)c2cccc(F)c2)n1. The van der Waals surface area contributed by atoms with Crippen molar-refractivity contribution in [2.45, 2.75) is 19.9 Å². The Bertz CT molecular complexity index is 545. The summed E-state index contributed by atoms with van der Waals surface area (Å²) in [5.74, 6) is 1.06. The van der Waals surface area contributed by atoms with Gasteiger partial charge in [-0.25, -0.2) is 4.39 Å². The summed E-state index contributed by atoms with van der Waals surface area (Å²) in [7, 11) is 0. The highest BCUT2D eigenvalue weighted by Crippen LogP contribution is 2.20. The second kappa shape index (κ2) is 6.18. The van der Waals surface area contributed by atoms with Crippen molar-refractivity contribution < 1.29 is 9.13 Å². The first kappa shape index (κ1) is 13.3. The summed E-state index contributed by atoms with van der Waals surface area (Å²) in [5.41, 5.74) is 0.878. The summed E-state index contributed by atoms with van der Waals surface area (Å²) in [5, 5.41) is 3.23. The highest BCUT2D eigenvalue weighted by atomic mass is 19.1. The molecule has 1 atom stereocenters. The van der Waals surface area contributed by atoms with Gasteiger partial charge in [0.05, 0.1) is 12.6 Å². The molecule has 1 aromatic heterocycles. The maximum Gasteiger partial charge on any atom is 0.215 e. The van der Waals surface area contributed by atoms with Gasteiger partial charge in [0.1, 0.15) is 11.6 Å². The van der Waals surface area contributed by atoms with Crippen molar-refractivity contribution in [3.05, 3.63) is 53.8 Å². The fourth-order valence-corrected chi connectivity index (χ4v) is 1.80. The minimum absolute atomic E-state index is 0.0277. The molecule has 1 N–H and O–H groups in total. The van der Waals surface area contributed by atoms with Crippen LogP contribution in [0.25, 0.3) is 0 Å². The van der Waals surface area contributed by atoms with Gasteiger partial charge in [0.25, 0.3) is 0 Å². The van der Waals surface area contributed by atoms with Crippen molar-refractivity contribution >= 4 is 5.82 Å². The quantitative estimate of drug-likeness (QED) is 0.888. The van der Waals surface area contributed by atoms with Crippen LogP contribution in [-0.2, 0) is 0 Å². The van der Waals surface area contributed by atoms with Crippen LogP contribution in [0.5, 0.6) is 5.88 Å². The van der Waals surface area contributed by atoms with Gasteiger partial charge < -0.3 is 10.1 Å². The average molecular weight is 260 g/mol. The number of ether oxygens (including phenoxy) is 1. The Balaban J connectivity index is 2.10. The van der Waals surface area contributed by atoms with E-state index in [9.17, 15) is 4.39 Å². The molecule has 3 nitrogen and oxygen atoms in total. The average Bonchev–Trinajstić information content (AvgIpc) is 2.39. The first-order valence-electron chi connectivity index (χ1n) is 6.31. The lowest BCUT2D eigenvalue weighted by Crippen LogP contribution is -2.08. The molecule has 0 spiro atoms.